The van der Waals surface area contributed by atoms with Gasteiger partial charge in [0.15, 0.2) is 12.2 Å². The summed E-state index contributed by atoms with van der Waals surface area (Å²) < 4.78 is 6.73. The highest BCUT2D eigenvalue weighted by Crippen LogP contribution is 2.23. The lowest BCUT2D eigenvalue weighted by Crippen LogP contribution is -2.55. The molecule has 1 heterocycles. The molecule has 2 amide bonds. The van der Waals surface area contributed by atoms with E-state index in [1.54, 1.807) is 24.3 Å². The summed E-state index contributed by atoms with van der Waals surface area (Å²) in [7, 11) is 0. The van der Waals surface area contributed by atoms with E-state index < -0.39 is 24.0 Å². The second-order valence-corrected chi connectivity index (χ2v) is 9.37. The van der Waals surface area contributed by atoms with Crippen molar-refractivity contribution in [3.63, 3.8) is 0 Å². The molecule has 1 aliphatic rings. The fourth-order valence-electron chi connectivity index (χ4n) is 3.90. The molecule has 2 atom stereocenters. The molecule has 0 aliphatic carbocycles. The Kier molecular flexibility index (Phi) is 8.58. The standard InChI is InChI=1S/C27H28BrN3O5/c28-20-8-12-23(13-9-20)36-22-10-6-19(7-11-22)18-29-26(34)24(32)25(33)27(35)31-16-14-30(15-17-31)21-4-2-1-3-5-21/h1-13,24-25,32-33H,14-18H2,(H,29,34)/t24-,25-/m1/s1. The number of aliphatic hydroxyl groups excluding tert-OH is 2. The number of carbonyl (C=O) groups excluding carboxylic acids is 2. The first-order chi connectivity index (χ1) is 17.4. The third kappa shape index (κ3) is 6.63. The van der Waals surface area contributed by atoms with Crippen LogP contribution in [-0.4, -0.2) is 65.3 Å². The van der Waals surface area contributed by atoms with Gasteiger partial charge in [-0.15, -0.1) is 0 Å². The molecule has 9 heteroatoms. The molecular weight excluding hydrogens is 526 g/mol. The molecule has 0 saturated carbocycles. The number of halogens is 1. The molecule has 8 nitrogen and oxygen atoms in total. The van der Waals surface area contributed by atoms with Crippen LogP contribution in [-0.2, 0) is 16.1 Å². The van der Waals surface area contributed by atoms with Crippen LogP contribution in [0.1, 0.15) is 5.56 Å². The molecule has 1 aliphatic heterocycles. The Hall–Kier alpha value is -3.40. The Bertz CT molecular complexity index is 1150. The van der Waals surface area contributed by atoms with Gasteiger partial charge in [0.05, 0.1) is 0 Å². The number of benzene rings is 3. The quantitative estimate of drug-likeness (QED) is 0.396. The van der Waals surface area contributed by atoms with E-state index in [0.717, 1.165) is 15.7 Å². The van der Waals surface area contributed by atoms with Gasteiger partial charge in [0.1, 0.15) is 11.5 Å². The number of nitrogens with zero attached hydrogens (tertiary/aromatic N) is 2. The van der Waals surface area contributed by atoms with Gasteiger partial charge in [-0.2, -0.15) is 0 Å². The van der Waals surface area contributed by atoms with Crippen LogP contribution in [0.3, 0.4) is 0 Å². The Morgan fingerprint density at radius 1 is 0.833 bits per heavy atom. The number of nitrogens with one attached hydrogen (secondary N) is 1. The van der Waals surface area contributed by atoms with Gasteiger partial charge in [-0.05, 0) is 54.1 Å². The minimum absolute atomic E-state index is 0.130. The molecule has 0 aromatic heterocycles. The van der Waals surface area contributed by atoms with E-state index >= 15 is 0 Å². The number of hydrogen-bond acceptors (Lipinski definition) is 6. The van der Waals surface area contributed by atoms with Crippen molar-refractivity contribution in [1.29, 1.82) is 0 Å². The number of carbonyl (C=O) groups is 2. The first-order valence-corrected chi connectivity index (χ1v) is 12.4. The first-order valence-electron chi connectivity index (χ1n) is 11.7. The third-order valence-corrected chi connectivity index (χ3v) is 6.50. The van der Waals surface area contributed by atoms with Gasteiger partial charge in [0.25, 0.3) is 11.8 Å². The number of para-hydroxylation sites is 1. The number of hydrogen-bond donors (Lipinski definition) is 3. The van der Waals surface area contributed by atoms with Crippen LogP contribution in [0.5, 0.6) is 11.5 Å². The summed E-state index contributed by atoms with van der Waals surface area (Å²) in [5.74, 6) is -0.128. The molecule has 4 rings (SSSR count). The van der Waals surface area contributed by atoms with Crippen LogP contribution in [0.2, 0.25) is 0 Å². The average molecular weight is 554 g/mol. The molecule has 1 fully saturated rings. The van der Waals surface area contributed by atoms with E-state index in [0.29, 0.717) is 37.7 Å². The second kappa shape index (κ2) is 12.0. The maximum absolute atomic E-state index is 12.7. The number of ether oxygens (including phenoxy) is 1. The van der Waals surface area contributed by atoms with E-state index in [-0.39, 0.29) is 6.54 Å². The monoisotopic (exact) mass is 553 g/mol. The van der Waals surface area contributed by atoms with E-state index in [4.69, 9.17) is 4.74 Å². The highest BCUT2D eigenvalue weighted by molar-refractivity contribution is 9.10. The normalized spacial score (nSPS) is 15.2. The Morgan fingerprint density at radius 2 is 1.42 bits per heavy atom. The lowest BCUT2D eigenvalue weighted by Gasteiger charge is -2.37. The van der Waals surface area contributed by atoms with Gasteiger partial charge in [-0.25, -0.2) is 0 Å². The van der Waals surface area contributed by atoms with Gasteiger partial charge in [0.2, 0.25) is 0 Å². The Balaban J connectivity index is 1.23. The van der Waals surface area contributed by atoms with E-state index in [1.807, 2.05) is 54.6 Å². The maximum atomic E-state index is 12.7. The largest absolute Gasteiger partial charge is 0.457 e. The van der Waals surface area contributed by atoms with Crippen molar-refractivity contribution in [2.75, 3.05) is 31.1 Å². The SMILES string of the molecule is O=C(NCc1ccc(Oc2ccc(Br)cc2)cc1)[C@H](O)[C@@H](O)C(=O)N1CCN(c2ccccc2)CC1. The number of amides is 2. The third-order valence-electron chi connectivity index (χ3n) is 5.97. The highest BCUT2D eigenvalue weighted by atomic mass is 79.9. The van der Waals surface area contributed by atoms with Crippen LogP contribution in [0.4, 0.5) is 5.69 Å². The fraction of sp³-hybridized carbons (Fsp3) is 0.259. The molecule has 0 spiro atoms. The van der Waals surface area contributed by atoms with Crippen molar-refractivity contribution in [2.45, 2.75) is 18.8 Å². The first kappa shape index (κ1) is 25.7. The number of rotatable bonds is 8. The highest BCUT2D eigenvalue weighted by Gasteiger charge is 2.34. The summed E-state index contributed by atoms with van der Waals surface area (Å²) in [5, 5.41) is 23.2. The topological polar surface area (TPSA) is 102 Å². The summed E-state index contributed by atoms with van der Waals surface area (Å²) in [6.45, 7) is 2.13. The molecule has 1 saturated heterocycles. The molecule has 3 N–H and O–H groups in total. The van der Waals surface area contributed by atoms with Crippen LogP contribution < -0.4 is 15.0 Å². The predicted octanol–water partition coefficient (Wildman–Crippen LogP) is 2.93. The summed E-state index contributed by atoms with van der Waals surface area (Å²) in [5.41, 5.74) is 1.84. The van der Waals surface area contributed by atoms with Crippen LogP contribution in [0.25, 0.3) is 0 Å². The zero-order chi connectivity index (χ0) is 25.5. The van der Waals surface area contributed by atoms with Crippen molar-refractivity contribution in [2.24, 2.45) is 0 Å². The van der Waals surface area contributed by atoms with Crippen molar-refractivity contribution in [1.82, 2.24) is 10.2 Å². The zero-order valence-electron chi connectivity index (χ0n) is 19.6. The Labute approximate surface area is 218 Å². The van der Waals surface area contributed by atoms with E-state index in [2.05, 4.69) is 26.1 Å². The molecule has 0 unspecified atom stereocenters. The van der Waals surface area contributed by atoms with Gasteiger partial charge in [-0.3, -0.25) is 9.59 Å². The molecule has 0 bridgehead atoms. The van der Waals surface area contributed by atoms with Crippen molar-refractivity contribution in [3.05, 3.63) is 88.9 Å². The molecule has 188 valence electrons. The number of aliphatic hydroxyl groups is 2. The molecular formula is C27H28BrN3O5. The fourth-order valence-corrected chi connectivity index (χ4v) is 4.16. The summed E-state index contributed by atoms with van der Waals surface area (Å²) in [6.07, 6.45) is -3.68. The zero-order valence-corrected chi connectivity index (χ0v) is 21.2. The molecule has 0 radical (unpaired) electrons. The van der Waals surface area contributed by atoms with Crippen LogP contribution in [0, 0.1) is 0 Å². The van der Waals surface area contributed by atoms with E-state index in [1.165, 1.54) is 4.90 Å². The Morgan fingerprint density at radius 3 is 2.03 bits per heavy atom. The number of piperazine rings is 1. The van der Waals surface area contributed by atoms with Crippen LogP contribution >= 0.6 is 15.9 Å². The smallest absolute Gasteiger partial charge is 0.254 e. The summed E-state index contributed by atoms with van der Waals surface area (Å²) in [4.78, 5) is 28.7. The summed E-state index contributed by atoms with van der Waals surface area (Å²) in [6, 6.07) is 24.4. The van der Waals surface area contributed by atoms with E-state index in [9.17, 15) is 19.8 Å². The lowest BCUT2D eigenvalue weighted by atomic mass is 10.1. The van der Waals surface area contributed by atoms with Gasteiger partial charge < -0.3 is 30.1 Å². The summed E-state index contributed by atoms with van der Waals surface area (Å²) >= 11 is 3.38. The lowest BCUT2D eigenvalue weighted by molar-refractivity contribution is -0.153. The van der Waals surface area contributed by atoms with Crippen molar-refractivity contribution >= 4 is 33.4 Å². The average Bonchev–Trinajstić information content (AvgIpc) is 2.93. The van der Waals surface area contributed by atoms with Crippen LogP contribution in [0.15, 0.2) is 83.3 Å². The minimum Gasteiger partial charge on any atom is -0.457 e. The molecule has 3 aromatic rings. The van der Waals surface area contributed by atoms with Gasteiger partial charge in [0, 0.05) is 42.9 Å². The molecule has 36 heavy (non-hydrogen) atoms. The second-order valence-electron chi connectivity index (χ2n) is 8.46. The predicted molar refractivity (Wildman–Crippen MR) is 140 cm³/mol. The number of anilines is 1. The van der Waals surface area contributed by atoms with Gasteiger partial charge in [-0.1, -0.05) is 46.3 Å². The van der Waals surface area contributed by atoms with Gasteiger partial charge >= 0.3 is 0 Å². The van der Waals surface area contributed by atoms with Crippen molar-refractivity contribution < 1.29 is 24.5 Å². The minimum atomic E-state index is -1.86. The molecule has 3 aromatic carbocycles. The maximum Gasteiger partial charge on any atom is 0.254 e. The van der Waals surface area contributed by atoms with Crippen molar-refractivity contribution in [3.8, 4) is 11.5 Å².